The van der Waals surface area contributed by atoms with Gasteiger partial charge in [-0.2, -0.15) is 0 Å². The summed E-state index contributed by atoms with van der Waals surface area (Å²) in [5, 5.41) is 3.93. The Labute approximate surface area is 200 Å². The van der Waals surface area contributed by atoms with Gasteiger partial charge in [0.2, 0.25) is 5.91 Å². The van der Waals surface area contributed by atoms with Crippen LogP contribution in [0.3, 0.4) is 0 Å². The van der Waals surface area contributed by atoms with E-state index in [0.717, 1.165) is 78.6 Å². The van der Waals surface area contributed by atoms with Crippen molar-refractivity contribution in [2.75, 3.05) is 74.0 Å². The van der Waals surface area contributed by atoms with Crippen LogP contribution >= 0.6 is 11.8 Å². The fourth-order valence-corrected chi connectivity index (χ4v) is 4.78. The van der Waals surface area contributed by atoms with Crippen molar-refractivity contribution in [1.82, 2.24) is 9.97 Å². The molecule has 2 aromatic rings. The maximum atomic E-state index is 12.9. The summed E-state index contributed by atoms with van der Waals surface area (Å²) in [7, 11) is 0. The number of rotatable bonds is 7. The average Bonchev–Trinajstić information content (AvgIpc) is 2.84. The number of carbonyl (C=O) groups excluding carboxylic acids is 1. The third-order valence-electron chi connectivity index (χ3n) is 6.17. The van der Waals surface area contributed by atoms with Crippen molar-refractivity contribution in [2.24, 2.45) is 0 Å². The predicted octanol–water partition coefficient (Wildman–Crippen LogP) is 3.06. The fraction of sp³-hybridized carbons (Fsp3) is 0.542. The topological polar surface area (TPSA) is 79.8 Å². The lowest BCUT2D eigenvalue weighted by atomic mass is 10.1. The highest BCUT2D eigenvalue weighted by Crippen LogP contribution is 2.32. The molecule has 2 saturated heterocycles. The molecular formula is C24H33N5O3S. The number of nitrogens with one attached hydrogen (secondary N) is 1. The molecule has 1 aromatic heterocycles. The van der Waals surface area contributed by atoms with Crippen LogP contribution in [0.1, 0.15) is 23.4 Å². The quantitative estimate of drug-likeness (QED) is 0.488. The molecule has 9 heteroatoms. The van der Waals surface area contributed by atoms with E-state index in [1.54, 1.807) is 0 Å². The lowest BCUT2D eigenvalue weighted by Crippen LogP contribution is -2.38. The molecule has 2 aliphatic rings. The number of nitrogens with zero attached hydrogens (tertiary/aromatic N) is 4. The highest BCUT2D eigenvalue weighted by Gasteiger charge is 2.20. The molecule has 0 unspecified atom stereocenters. The first-order chi connectivity index (χ1) is 16.0. The van der Waals surface area contributed by atoms with Gasteiger partial charge in [-0.15, -0.1) is 0 Å². The van der Waals surface area contributed by atoms with Crippen LogP contribution in [0.15, 0.2) is 23.4 Å². The summed E-state index contributed by atoms with van der Waals surface area (Å²) in [6, 6.07) is 6.31. The van der Waals surface area contributed by atoms with Crippen LogP contribution in [-0.2, 0) is 20.7 Å². The van der Waals surface area contributed by atoms with Crippen LogP contribution in [0.2, 0.25) is 0 Å². The smallest absolute Gasteiger partial charge is 0.224 e. The first kappa shape index (κ1) is 23.8. The molecule has 0 saturated carbocycles. The summed E-state index contributed by atoms with van der Waals surface area (Å²) in [4.78, 5) is 26.6. The molecule has 3 heterocycles. The first-order valence-corrected chi connectivity index (χ1v) is 12.7. The molecule has 1 aromatic carbocycles. The third-order valence-corrected chi connectivity index (χ3v) is 6.72. The van der Waals surface area contributed by atoms with E-state index < -0.39 is 0 Å². The molecule has 0 atom stereocenters. The summed E-state index contributed by atoms with van der Waals surface area (Å²) >= 11 is 1.53. The first-order valence-electron chi connectivity index (χ1n) is 11.5. The van der Waals surface area contributed by atoms with Crippen LogP contribution in [0.5, 0.6) is 0 Å². The van der Waals surface area contributed by atoms with Gasteiger partial charge in [-0.3, -0.25) is 4.79 Å². The number of anilines is 3. The minimum absolute atomic E-state index is 0.00336. The Balaban J connectivity index is 1.48. The summed E-state index contributed by atoms with van der Waals surface area (Å²) < 4.78 is 11.0. The molecule has 8 nitrogen and oxygen atoms in total. The molecular weight excluding hydrogens is 438 g/mol. The summed E-state index contributed by atoms with van der Waals surface area (Å²) in [5.41, 5.74) is 6.01. The van der Waals surface area contributed by atoms with Crippen LogP contribution in [0.25, 0.3) is 0 Å². The summed E-state index contributed by atoms with van der Waals surface area (Å²) in [6.45, 7) is 10.2. The Bertz CT molecular complexity index is 952. The van der Waals surface area contributed by atoms with Gasteiger partial charge in [-0.25, -0.2) is 9.97 Å². The van der Waals surface area contributed by atoms with Crippen molar-refractivity contribution < 1.29 is 14.3 Å². The highest BCUT2D eigenvalue weighted by atomic mass is 32.2. The van der Waals surface area contributed by atoms with E-state index in [0.29, 0.717) is 26.1 Å². The molecule has 0 aliphatic carbocycles. The Kier molecular flexibility index (Phi) is 8.06. The van der Waals surface area contributed by atoms with E-state index in [1.807, 2.05) is 26.2 Å². The number of carbonyl (C=O) groups is 1. The minimum Gasteiger partial charge on any atom is -0.378 e. The van der Waals surface area contributed by atoms with Gasteiger partial charge in [0.15, 0.2) is 5.16 Å². The van der Waals surface area contributed by atoms with Gasteiger partial charge in [0, 0.05) is 49.7 Å². The van der Waals surface area contributed by atoms with Crippen LogP contribution in [-0.4, -0.2) is 74.7 Å². The predicted molar refractivity (Wildman–Crippen MR) is 133 cm³/mol. The number of morpholine rings is 2. The van der Waals surface area contributed by atoms with E-state index in [9.17, 15) is 4.79 Å². The lowest BCUT2D eigenvalue weighted by Gasteiger charge is -2.33. The van der Waals surface area contributed by atoms with Gasteiger partial charge < -0.3 is 24.6 Å². The Morgan fingerprint density at radius 2 is 1.61 bits per heavy atom. The molecule has 0 spiro atoms. The van der Waals surface area contributed by atoms with Crippen molar-refractivity contribution in [3.05, 3.63) is 35.2 Å². The van der Waals surface area contributed by atoms with E-state index in [2.05, 4.69) is 37.2 Å². The maximum Gasteiger partial charge on any atom is 0.224 e. The third kappa shape index (κ3) is 5.96. The zero-order valence-corrected chi connectivity index (χ0v) is 20.5. The molecule has 2 fully saturated rings. The standard InChI is InChI=1S/C24H33N5O3S/c1-17-20(18(2)26-24(25-17)33-3)5-7-23(30)27-21-6-4-19(28-8-12-31-13-9-28)16-22(21)29-10-14-32-15-11-29/h4,6,16H,5,7-15H2,1-3H3,(H,27,30). The van der Waals surface area contributed by atoms with Gasteiger partial charge in [-0.1, -0.05) is 11.8 Å². The Hall–Kier alpha value is -2.36. The Morgan fingerprint density at radius 3 is 2.21 bits per heavy atom. The Morgan fingerprint density at radius 1 is 1.00 bits per heavy atom. The van der Waals surface area contributed by atoms with E-state index in [-0.39, 0.29) is 5.91 Å². The number of hydrogen-bond donors (Lipinski definition) is 1. The van der Waals surface area contributed by atoms with E-state index in [4.69, 9.17) is 9.47 Å². The monoisotopic (exact) mass is 471 g/mol. The van der Waals surface area contributed by atoms with Crippen molar-refractivity contribution in [3.63, 3.8) is 0 Å². The number of aryl methyl sites for hydroxylation is 2. The zero-order valence-electron chi connectivity index (χ0n) is 19.7. The number of amides is 1. The second kappa shape index (κ2) is 11.2. The molecule has 2 aliphatic heterocycles. The summed E-state index contributed by atoms with van der Waals surface area (Å²) in [6.07, 6.45) is 2.98. The SMILES string of the molecule is CSc1nc(C)c(CCC(=O)Nc2ccc(N3CCOCC3)cc2N2CCOCC2)c(C)n1. The van der Waals surface area contributed by atoms with Crippen molar-refractivity contribution in [2.45, 2.75) is 31.8 Å². The molecule has 1 N–H and O–H groups in total. The van der Waals surface area contributed by atoms with E-state index in [1.165, 1.54) is 11.8 Å². The second-order valence-electron chi connectivity index (χ2n) is 8.31. The van der Waals surface area contributed by atoms with Gasteiger partial charge >= 0.3 is 0 Å². The fourth-order valence-electron chi connectivity index (χ4n) is 4.32. The van der Waals surface area contributed by atoms with Crippen molar-refractivity contribution in [1.29, 1.82) is 0 Å². The van der Waals surface area contributed by atoms with Gasteiger partial charge in [0.05, 0.1) is 37.8 Å². The molecule has 178 valence electrons. The zero-order chi connectivity index (χ0) is 23.2. The van der Waals surface area contributed by atoms with Gasteiger partial charge in [0.1, 0.15) is 0 Å². The maximum absolute atomic E-state index is 12.9. The van der Waals surface area contributed by atoms with Crippen LogP contribution in [0.4, 0.5) is 17.1 Å². The average molecular weight is 472 g/mol. The van der Waals surface area contributed by atoms with E-state index >= 15 is 0 Å². The number of hydrogen-bond acceptors (Lipinski definition) is 8. The molecule has 4 rings (SSSR count). The van der Waals surface area contributed by atoms with Crippen LogP contribution < -0.4 is 15.1 Å². The molecule has 33 heavy (non-hydrogen) atoms. The number of aromatic nitrogens is 2. The normalized spacial score (nSPS) is 16.7. The minimum atomic E-state index is -0.00336. The van der Waals surface area contributed by atoms with Crippen molar-refractivity contribution in [3.8, 4) is 0 Å². The second-order valence-corrected chi connectivity index (χ2v) is 9.08. The highest BCUT2D eigenvalue weighted by molar-refractivity contribution is 7.98. The molecule has 1 amide bonds. The largest absolute Gasteiger partial charge is 0.378 e. The lowest BCUT2D eigenvalue weighted by molar-refractivity contribution is -0.116. The number of benzene rings is 1. The number of ether oxygens (including phenoxy) is 2. The molecule has 0 bridgehead atoms. The van der Waals surface area contributed by atoms with Gasteiger partial charge in [-0.05, 0) is 50.3 Å². The summed E-state index contributed by atoms with van der Waals surface area (Å²) in [5.74, 6) is -0.00336. The number of thioether (sulfide) groups is 1. The van der Waals surface area contributed by atoms with Crippen molar-refractivity contribution >= 4 is 34.7 Å². The van der Waals surface area contributed by atoms with Crippen LogP contribution in [0, 0.1) is 13.8 Å². The molecule has 0 radical (unpaired) electrons. The van der Waals surface area contributed by atoms with Gasteiger partial charge in [0.25, 0.3) is 0 Å².